The maximum absolute atomic E-state index is 5.91. The lowest BCUT2D eigenvalue weighted by molar-refractivity contribution is 0.164. The lowest BCUT2D eigenvalue weighted by atomic mass is 10.1. The Morgan fingerprint density at radius 3 is 2.94 bits per heavy atom. The van der Waals surface area contributed by atoms with Crippen molar-refractivity contribution in [3.63, 3.8) is 0 Å². The average molecular weight is 251 g/mol. The van der Waals surface area contributed by atoms with E-state index in [0.29, 0.717) is 25.7 Å². The standard InChI is InChI=1S/C14H21NO3/c1-2-17-13-5-3-4-12(8-15)14(13)18-10-11-6-7-16-9-11/h3-5,11H,2,6-10,15H2,1H3. The molecule has 0 spiro atoms. The van der Waals surface area contributed by atoms with Crippen LogP contribution in [0.25, 0.3) is 0 Å². The minimum Gasteiger partial charge on any atom is -0.490 e. The molecule has 1 saturated heterocycles. The van der Waals surface area contributed by atoms with E-state index in [0.717, 1.165) is 36.7 Å². The minimum atomic E-state index is 0.456. The van der Waals surface area contributed by atoms with Crippen molar-refractivity contribution in [2.75, 3.05) is 26.4 Å². The molecule has 4 heteroatoms. The van der Waals surface area contributed by atoms with Gasteiger partial charge in [-0.25, -0.2) is 0 Å². The van der Waals surface area contributed by atoms with Crippen molar-refractivity contribution in [2.24, 2.45) is 11.7 Å². The van der Waals surface area contributed by atoms with E-state index in [1.54, 1.807) is 0 Å². The van der Waals surface area contributed by atoms with E-state index in [2.05, 4.69) is 0 Å². The summed E-state index contributed by atoms with van der Waals surface area (Å²) in [6, 6.07) is 5.84. The summed E-state index contributed by atoms with van der Waals surface area (Å²) >= 11 is 0. The molecule has 0 aromatic heterocycles. The van der Waals surface area contributed by atoms with Crippen LogP contribution in [0.1, 0.15) is 18.9 Å². The van der Waals surface area contributed by atoms with Crippen LogP contribution in [0.2, 0.25) is 0 Å². The highest BCUT2D eigenvalue weighted by Gasteiger charge is 2.18. The molecule has 1 atom stereocenters. The maximum atomic E-state index is 5.91. The number of benzene rings is 1. The molecule has 1 aliphatic rings. The van der Waals surface area contributed by atoms with Crippen LogP contribution in [-0.4, -0.2) is 26.4 Å². The van der Waals surface area contributed by atoms with Gasteiger partial charge in [0.2, 0.25) is 0 Å². The second-order valence-corrected chi connectivity index (χ2v) is 4.42. The highest BCUT2D eigenvalue weighted by atomic mass is 16.5. The second-order valence-electron chi connectivity index (χ2n) is 4.42. The van der Waals surface area contributed by atoms with Gasteiger partial charge < -0.3 is 19.9 Å². The molecule has 2 rings (SSSR count). The SMILES string of the molecule is CCOc1cccc(CN)c1OCC1CCOC1. The molecule has 1 aliphatic heterocycles. The Hall–Kier alpha value is -1.26. The van der Waals surface area contributed by atoms with Crippen molar-refractivity contribution in [1.29, 1.82) is 0 Å². The van der Waals surface area contributed by atoms with Crippen molar-refractivity contribution in [3.05, 3.63) is 23.8 Å². The fraction of sp³-hybridized carbons (Fsp3) is 0.571. The Morgan fingerprint density at radius 1 is 1.39 bits per heavy atom. The van der Waals surface area contributed by atoms with Crippen molar-refractivity contribution < 1.29 is 14.2 Å². The summed E-state index contributed by atoms with van der Waals surface area (Å²) in [5.41, 5.74) is 6.73. The van der Waals surface area contributed by atoms with Gasteiger partial charge in [-0.2, -0.15) is 0 Å². The molecule has 18 heavy (non-hydrogen) atoms. The minimum absolute atomic E-state index is 0.456. The zero-order valence-electron chi connectivity index (χ0n) is 10.9. The van der Waals surface area contributed by atoms with Gasteiger partial charge in [-0.3, -0.25) is 0 Å². The Labute approximate surface area is 108 Å². The number of nitrogens with two attached hydrogens (primary N) is 1. The molecule has 0 bridgehead atoms. The van der Waals surface area contributed by atoms with E-state index in [1.165, 1.54) is 0 Å². The quantitative estimate of drug-likeness (QED) is 0.839. The first-order chi connectivity index (χ1) is 8.85. The summed E-state index contributed by atoms with van der Waals surface area (Å²) in [7, 11) is 0. The molecule has 0 aliphatic carbocycles. The van der Waals surface area contributed by atoms with Crippen LogP contribution in [0.5, 0.6) is 11.5 Å². The van der Waals surface area contributed by atoms with Crippen molar-refractivity contribution in [3.8, 4) is 11.5 Å². The third-order valence-corrected chi connectivity index (χ3v) is 3.07. The third kappa shape index (κ3) is 3.15. The summed E-state index contributed by atoms with van der Waals surface area (Å²) in [6.45, 7) is 5.33. The molecular weight excluding hydrogens is 230 g/mol. The summed E-state index contributed by atoms with van der Waals surface area (Å²) in [5, 5.41) is 0. The van der Waals surface area contributed by atoms with E-state index in [-0.39, 0.29) is 0 Å². The largest absolute Gasteiger partial charge is 0.490 e. The number of hydrogen-bond donors (Lipinski definition) is 1. The molecule has 2 N–H and O–H groups in total. The van der Waals surface area contributed by atoms with Crippen molar-refractivity contribution in [1.82, 2.24) is 0 Å². The number of ether oxygens (including phenoxy) is 3. The van der Waals surface area contributed by atoms with Gasteiger partial charge in [-0.05, 0) is 19.4 Å². The van der Waals surface area contributed by atoms with Gasteiger partial charge in [0.15, 0.2) is 11.5 Å². The van der Waals surface area contributed by atoms with E-state index in [9.17, 15) is 0 Å². The van der Waals surface area contributed by atoms with Gasteiger partial charge >= 0.3 is 0 Å². The first-order valence-electron chi connectivity index (χ1n) is 6.50. The van der Waals surface area contributed by atoms with Crippen molar-refractivity contribution >= 4 is 0 Å². The fourth-order valence-corrected chi connectivity index (χ4v) is 2.07. The molecule has 1 heterocycles. The zero-order valence-corrected chi connectivity index (χ0v) is 10.9. The van der Waals surface area contributed by atoms with Gasteiger partial charge in [0.1, 0.15) is 0 Å². The predicted molar refractivity (Wildman–Crippen MR) is 69.9 cm³/mol. The summed E-state index contributed by atoms with van der Waals surface area (Å²) in [4.78, 5) is 0. The molecule has 1 unspecified atom stereocenters. The third-order valence-electron chi connectivity index (χ3n) is 3.07. The van der Waals surface area contributed by atoms with Crippen LogP contribution < -0.4 is 15.2 Å². The molecule has 0 saturated carbocycles. The highest BCUT2D eigenvalue weighted by molar-refractivity contribution is 5.46. The van der Waals surface area contributed by atoms with E-state index >= 15 is 0 Å². The summed E-state index contributed by atoms with van der Waals surface area (Å²) in [6.07, 6.45) is 1.06. The number of hydrogen-bond acceptors (Lipinski definition) is 4. The fourth-order valence-electron chi connectivity index (χ4n) is 2.07. The smallest absolute Gasteiger partial charge is 0.165 e. The average Bonchev–Trinajstić information content (AvgIpc) is 2.90. The monoisotopic (exact) mass is 251 g/mol. The zero-order chi connectivity index (χ0) is 12.8. The maximum Gasteiger partial charge on any atom is 0.165 e. The molecule has 4 nitrogen and oxygen atoms in total. The van der Waals surface area contributed by atoms with Gasteiger partial charge in [-0.1, -0.05) is 12.1 Å². The topological polar surface area (TPSA) is 53.7 Å². The lowest BCUT2D eigenvalue weighted by Gasteiger charge is -2.17. The van der Waals surface area contributed by atoms with E-state index in [4.69, 9.17) is 19.9 Å². The van der Waals surface area contributed by atoms with E-state index < -0.39 is 0 Å². The van der Waals surface area contributed by atoms with Gasteiger partial charge in [0, 0.05) is 24.6 Å². The van der Waals surface area contributed by atoms with Crippen LogP contribution >= 0.6 is 0 Å². The Kier molecular flexibility index (Phi) is 4.84. The first kappa shape index (κ1) is 13.2. The molecule has 1 aromatic rings. The number of para-hydroxylation sites is 1. The summed E-state index contributed by atoms with van der Waals surface area (Å²) < 4.78 is 16.8. The highest BCUT2D eigenvalue weighted by Crippen LogP contribution is 2.32. The normalized spacial score (nSPS) is 18.9. The molecular formula is C14H21NO3. The van der Waals surface area contributed by atoms with Crippen LogP contribution in [0.3, 0.4) is 0 Å². The lowest BCUT2D eigenvalue weighted by Crippen LogP contribution is -2.14. The van der Waals surface area contributed by atoms with Gasteiger partial charge in [-0.15, -0.1) is 0 Å². The summed E-state index contributed by atoms with van der Waals surface area (Å²) in [5.74, 6) is 2.04. The molecule has 1 fully saturated rings. The van der Waals surface area contributed by atoms with Gasteiger partial charge in [0.25, 0.3) is 0 Å². The molecule has 0 radical (unpaired) electrons. The van der Waals surface area contributed by atoms with Crippen LogP contribution in [-0.2, 0) is 11.3 Å². The van der Waals surface area contributed by atoms with Crippen LogP contribution in [0.15, 0.2) is 18.2 Å². The van der Waals surface area contributed by atoms with Crippen molar-refractivity contribution in [2.45, 2.75) is 19.9 Å². The van der Waals surface area contributed by atoms with Crippen LogP contribution in [0, 0.1) is 5.92 Å². The van der Waals surface area contributed by atoms with Crippen LogP contribution in [0.4, 0.5) is 0 Å². The Balaban J connectivity index is 2.07. The Bertz CT molecular complexity index is 375. The first-order valence-corrected chi connectivity index (χ1v) is 6.50. The van der Waals surface area contributed by atoms with E-state index in [1.807, 2.05) is 25.1 Å². The molecule has 0 amide bonds. The predicted octanol–water partition coefficient (Wildman–Crippen LogP) is 1.96. The number of rotatable bonds is 6. The molecule has 100 valence electrons. The van der Waals surface area contributed by atoms with Gasteiger partial charge in [0.05, 0.1) is 19.8 Å². The molecule has 1 aromatic carbocycles. The second kappa shape index (κ2) is 6.61. The Morgan fingerprint density at radius 2 is 2.28 bits per heavy atom.